The summed E-state index contributed by atoms with van der Waals surface area (Å²) in [4.78, 5) is 22.4. The second kappa shape index (κ2) is 5.34. The van der Waals surface area contributed by atoms with Crippen molar-refractivity contribution in [3.63, 3.8) is 0 Å². The van der Waals surface area contributed by atoms with Crippen LogP contribution in [0, 0.1) is 0 Å². The number of aliphatic hydroxyl groups is 3. The highest BCUT2D eigenvalue weighted by Crippen LogP contribution is 2.40. The molecule has 2 aliphatic heterocycles. The molecule has 23 heavy (non-hydrogen) atoms. The van der Waals surface area contributed by atoms with E-state index in [1.165, 1.54) is 6.92 Å². The third-order valence-electron chi connectivity index (χ3n) is 4.35. The molecule has 0 aromatic carbocycles. The van der Waals surface area contributed by atoms with Crippen molar-refractivity contribution in [2.75, 3.05) is 42.5 Å². The summed E-state index contributed by atoms with van der Waals surface area (Å²) in [6.07, 6.45) is -3.11. The number of rotatable bonds is 3. The zero-order valence-electron chi connectivity index (χ0n) is 13.1. The van der Waals surface area contributed by atoms with Gasteiger partial charge >= 0.3 is 0 Å². The van der Waals surface area contributed by atoms with Crippen LogP contribution in [0.4, 0.5) is 17.5 Å². The monoisotopic (exact) mass is 327 g/mol. The van der Waals surface area contributed by atoms with E-state index in [0.29, 0.717) is 11.5 Å². The van der Waals surface area contributed by atoms with Crippen LogP contribution in [0.3, 0.4) is 0 Å². The first kappa shape index (κ1) is 16.0. The van der Waals surface area contributed by atoms with E-state index in [2.05, 4.69) is 15.3 Å². The van der Waals surface area contributed by atoms with Crippen LogP contribution in [-0.2, 0) is 4.74 Å². The van der Waals surface area contributed by atoms with Gasteiger partial charge in [0.15, 0.2) is 12.0 Å². The molecule has 0 unspecified atom stereocenters. The van der Waals surface area contributed by atoms with Gasteiger partial charge in [0.1, 0.15) is 23.5 Å². The van der Waals surface area contributed by atoms with E-state index in [1.54, 1.807) is 23.9 Å². The first-order chi connectivity index (χ1) is 10.8. The molecule has 128 valence electrons. The molecule has 0 spiro atoms. The van der Waals surface area contributed by atoms with Gasteiger partial charge in [-0.05, 0) is 6.92 Å². The van der Waals surface area contributed by atoms with Crippen molar-refractivity contribution in [2.45, 2.75) is 31.0 Å². The molecule has 5 N–H and O–H groups in total. The minimum atomic E-state index is -1.63. The van der Waals surface area contributed by atoms with Crippen molar-refractivity contribution in [3.8, 4) is 0 Å². The second-order valence-corrected chi connectivity index (χ2v) is 6.03. The second-order valence-electron chi connectivity index (χ2n) is 6.03. The Kier molecular flexibility index (Phi) is 3.71. The van der Waals surface area contributed by atoms with Gasteiger partial charge in [-0.3, -0.25) is 9.78 Å². The van der Waals surface area contributed by atoms with Gasteiger partial charge in [0.2, 0.25) is 5.95 Å². The Morgan fingerprint density at radius 2 is 2.26 bits per heavy atom. The average molecular weight is 327 g/mol. The first-order valence-electron chi connectivity index (χ1n) is 7.27. The molecule has 3 rings (SSSR count). The van der Waals surface area contributed by atoms with Gasteiger partial charge in [0.25, 0.3) is 5.56 Å². The summed E-state index contributed by atoms with van der Waals surface area (Å²) in [6.45, 7) is 1.27. The van der Waals surface area contributed by atoms with Gasteiger partial charge in [-0.15, -0.1) is 0 Å². The number of nitrogens with one attached hydrogen (secondary N) is 2. The SMILES string of the molecule is CNc1nc2c(c(=O)[nH]1)N(C)CN2[C@@H]1O[C@H](CO)[C@@H](O)[C@@]1(C)O. The molecular formula is C13H21N5O5. The topological polar surface area (TPSA) is 134 Å². The zero-order chi connectivity index (χ0) is 16.9. The summed E-state index contributed by atoms with van der Waals surface area (Å²) in [5.74, 6) is 0.627. The Labute approximate surface area is 132 Å². The number of aromatic amines is 1. The standard InChI is InChI=1S/C13H21N5O5/c1-13(22)8(20)6(4-19)23-11(13)18-5-17(3)7-9(18)15-12(14-2)16-10(7)21/h6,8,11,19-20,22H,4-5H2,1-3H3,(H2,14,15,16,21)/t6-,8-,11-,13-/m1/s1. The van der Waals surface area contributed by atoms with Gasteiger partial charge in [0, 0.05) is 14.1 Å². The maximum absolute atomic E-state index is 12.2. The van der Waals surface area contributed by atoms with Crippen LogP contribution in [-0.4, -0.2) is 76.7 Å². The van der Waals surface area contributed by atoms with Crippen molar-refractivity contribution < 1.29 is 20.1 Å². The van der Waals surface area contributed by atoms with E-state index in [4.69, 9.17) is 4.74 Å². The molecule has 1 saturated heterocycles. The van der Waals surface area contributed by atoms with Gasteiger partial charge in [-0.2, -0.15) is 4.98 Å². The number of ether oxygens (including phenoxy) is 1. The maximum Gasteiger partial charge on any atom is 0.278 e. The van der Waals surface area contributed by atoms with E-state index in [1.807, 2.05) is 0 Å². The summed E-state index contributed by atoms with van der Waals surface area (Å²) in [5.41, 5.74) is -1.59. The quantitative estimate of drug-likeness (QED) is 0.421. The average Bonchev–Trinajstić information content (AvgIpc) is 2.95. The molecule has 1 fully saturated rings. The van der Waals surface area contributed by atoms with Crippen molar-refractivity contribution in [1.82, 2.24) is 9.97 Å². The van der Waals surface area contributed by atoms with Crippen LogP contribution in [0.2, 0.25) is 0 Å². The molecule has 0 bridgehead atoms. The van der Waals surface area contributed by atoms with Crippen LogP contribution < -0.4 is 20.7 Å². The van der Waals surface area contributed by atoms with Gasteiger partial charge in [-0.1, -0.05) is 0 Å². The molecule has 10 nitrogen and oxygen atoms in total. The fraction of sp³-hybridized carbons (Fsp3) is 0.692. The lowest BCUT2D eigenvalue weighted by atomic mass is 9.96. The Morgan fingerprint density at radius 3 is 2.83 bits per heavy atom. The highest BCUT2D eigenvalue weighted by atomic mass is 16.6. The molecule has 0 aliphatic carbocycles. The molecule has 2 aliphatic rings. The number of aromatic nitrogens is 2. The van der Waals surface area contributed by atoms with Crippen molar-refractivity contribution in [1.29, 1.82) is 0 Å². The number of anilines is 3. The van der Waals surface area contributed by atoms with E-state index in [9.17, 15) is 20.1 Å². The first-order valence-corrected chi connectivity index (χ1v) is 7.27. The third kappa shape index (κ3) is 2.26. The predicted molar refractivity (Wildman–Crippen MR) is 82.5 cm³/mol. The number of nitrogens with zero attached hydrogens (tertiary/aromatic N) is 3. The summed E-state index contributed by atoms with van der Waals surface area (Å²) in [7, 11) is 3.35. The lowest BCUT2D eigenvalue weighted by Gasteiger charge is -2.33. The highest BCUT2D eigenvalue weighted by molar-refractivity contribution is 5.72. The third-order valence-corrected chi connectivity index (χ3v) is 4.35. The van der Waals surface area contributed by atoms with Crippen LogP contribution in [0.25, 0.3) is 0 Å². The Bertz CT molecular complexity index is 663. The zero-order valence-corrected chi connectivity index (χ0v) is 13.1. The lowest BCUT2D eigenvalue weighted by Crippen LogP contribution is -2.54. The van der Waals surface area contributed by atoms with Crippen LogP contribution in [0.5, 0.6) is 0 Å². The number of aliphatic hydroxyl groups excluding tert-OH is 2. The Morgan fingerprint density at radius 1 is 1.57 bits per heavy atom. The summed E-state index contributed by atoms with van der Waals surface area (Å²) in [6, 6.07) is 0. The molecular weight excluding hydrogens is 306 g/mol. The predicted octanol–water partition coefficient (Wildman–Crippen LogP) is -2.15. The molecule has 1 aromatic heterocycles. The van der Waals surface area contributed by atoms with E-state index < -0.39 is 30.6 Å². The molecule has 3 heterocycles. The fourth-order valence-corrected chi connectivity index (χ4v) is 3.10. The van der Waals surface area contributed by atoms with Crippen molar-refractivity contribution in [3.05, 3.63) is 10.4 Å². The molecule has 0 amide bonds. The molecule has 1 aromatic rings. The summed E-state index contributed by atoms with van der Waals surface area (Å²) >= 11 is 0. The van der Waals surface area contributed by atoms with Crippen LogP contribution >= 0.6 is 0 Å². The molecule has 0 radical (unpaired) electrons. The van der Waals surface area contributed by atoms with Crippen LogP contribution in [0.15, 0.2) is 4.79 Å². The largest absolute Gasteiger partial charge is 0.394 e. The number of H-pyrrole nitrogens is 1. The smallest absolute Gasteiger partial charge is 0.278 e. The van der Waals surface area contributed by atoms with Crippen molar-refractivity contribution in [2.24, 2.45) is 0 Å². The number of fused-ring (bicyclic) bond motifs is 1. The fourth-order valence-electron chi connectivity index (χ4n) is 3.10. The van der Waals surface area contributed by atoms with Crippen LogP contribution in [0.1, 0.15) is 6.92 Å². The number of hydrogen-bond acceptors (Lipinski definition) is 9. The van der Waals surface area contributed by atoms with Crippen molar-refractivity contribution >= 4 is 17.5 Å². The van der Waals surface area contributed by atoms with Gasteiger partial charge in [-0.25, -0.2) is 0 Å². The van der Waals surface area contributed by atoms with E-state index in [-0.39, 0.29) is 18.2 Å². The Balaban J connectivity index is 2.04. The van der Waals surface area contributed by atoms with E-state index >= 15 is 0 Å². The summed E-state index contributed by atoms with van der Waals surface area (Å²) < 4.78 is 5.62. The minimum Gasteiger partial charge on any atom is -0.394 e. The molecule has 10 heteroatoms. The summed E-state index contributed by atoms with van der Waals surface area (Å²) in [5, 5.41) is 32.8. The minimum absolute atomic E-state index is 0.254. The highest BCUT2D eigenvalue weighted by Gasteiger charge is 2.56. The lowest BCUT2D eigenvalue weighted by molar-refractivity contribution is -0.0631. The normalized spacial score (nSPS) is 33.2. The maximum atomic E-state index is 12.2. The van der Waals surface area contributed by atoms with Gasteiger partial charge < -0.3 is 35.2 Å². The molecule has 0 saturated carbocycles. The molecule has 4 atom stereocenters. The Hall–Kier alpha value is -1.88. The van der Waals surface area contributed by atoms with E-state index in [0.717, 1.165) is 0 Å². The number of hydrogen-bond donors (Lipinski definition) is 5. The van der Waals surface area contributed by atoms with Gasteiger partial charge in [0.05, 0.1) is 13.3 Å².